The molecule has 0 aromatic carbocycles. The van der Waals surface area contributed by atoms with Crippen LogP contribution in [0.15, 0.2) is 21.9 Å². The number of rotatable bonds is 3. The van der Waals surface area contributed by atoms with Gasteiger partial charge in [0.25, 0.3) is 0 Å². The molecule has 1 rings (SSSR count). The predicted octanol–water partition coefficient (Wildman–Crippen LogP) is 3.43. The standard InChI is InChI=1S/C7H10N6/c8-12-10-7(11-13-9)6-4-2-1-3-5-6/h4,7H,1-3,5H2. The molecular weight excluding hydrogens is 168 g/mol. The van der Waals surface area contributed by atoms with Gasteiger partial charge in [-0.15, -0.1) is 0 Å². The van der Waals surface area contributed by atoms with Gasteiger partial charge in [0.1, 0.15) is 6.17 Å². The van der Waals surface area contributed by atoms with Crippen molar-refractivity contribution >= 4 is 0 Å². The Morgan fingerprint density at radius 3 is 2.38 bits per heavy atom. The Hall–Kier alpha value is -1.64. The third-order valence-electron chi connectivity index (χ3n) is 1.98. The van der Waals surface area contributed by atoms with Crippen LogP contribution in [0.3, 0.4) is 0 Å². The zero-order chi connectivity index (χ0) is 9.52. The Morgan fingerprint density at radius 2 is 1.92 bits per heavy atom. The van der Waals surface area contributed by atoms with Gasteiger partial charge in [-0.1, -0.05) is 21.9 Å². The van der Waals surface area contributed by atoms with Gasteiger partial charge in [0.15, 0.2) is 0 Å². The summed E-state index contributed by atoms with van der Waals surface area (Å²) in [5, 5.41) is 6.86. The molecule has 0 bridgehead atoms. The van der Waals surface area contributed by atoms with Crippen LogP contribution < -0.4 is 0 Å². The number of hydrogen-bond donors (Lipinski definition) is 0. The van der Waals surface area contributed by atoms with Crippen LogP contribution in [0.2, 0.25) is 0 Å². The van der Waals surface area contributed by atoms with Crippen molar-refractivity contribution in [2.24, 2.45) is 10.2 Å². The summed E-state index contributed by atoms with van der Waals surface area (Å²) < 4.78 is 0. The van der Waals surface area contributed by atoms with Crippen LogP contribution in [0.4, 0.5) is 0 Å². The zero-order valence-electron chi connectivity index (χ0n) is 7.17. The number of nitrogens with zero attached hydrogens (tertiary/aromatic N) is 6. The summed E-state index contributed by atoms with van der Waals surface area (Å²) in [6.45, 7) is 0. The van der Waals surface area contributed by atoms with Gasteiger partial charge in [0, 0.05) is 9.82 Å². The van der Waals surface area contributed by atoms with E-state index < -0.39 is 6.17 Å². The second-order valence-corrected chi connectivity index (χ2v) is 2.81. The second-order valence-electron chi connectivity index (χ2n) is 2.81. The van der Waals surface area contributed by atoms with Crippen LogP contribution in [0.25, 0.3) is 20.9 Å². The van der Waals surface area contributed by atoms with E-state index >= 15 is 0 Å². The molecule has 0 aromatic rings. The molecule has 0 spiro atoms. The van der Waals surface area contributed by atoms with Crippen molar-refractivity contribution < 1.29 is 0 Å². The minimum absolute atomic E-state index is 0.657. The Balaban J connectivity index is 2.78. The first-order valence-electron chi connectivity index (χ1n) is 4.16. The van der Waals surface area contributed by atoms with E-state index in [1.807, 2.05) is 6.08 Å². The summed E-state index contributed by atoms with van der Waals surface area (Å²) in [5.74, 6) is 0. The SMILES string of the molecule is [N-]=[N+]=NC(N=[N+]=[N-])C1=CCCCC1. The minimum atomic E-state index is -0.657. The summed E-state index contributed by atoms with van der Waals surface area (Å²) in [6.07, 6.45) is 5.41. The molecule has 0 atom stereocenters. The summed E-state index contributed by atoms with van der Waals surface area (Å²) in [5.41, 5.74) is 17.4. The lowest BCUT2D eigenvalue weighted by Gasteiger charge is -2.14. The van der Waals surface area contributed by atoms with Crippen molar-refractivity contribution in [1.29, 1.82) is 0 Å². The summed E-state index contributed by atoms with van der Waals surface area (Å²) in [4.78, 5) is 5.30. The highest BCUT2D eigenvalue weighted by atomic mass is 15.3. The average molecular weight is 178 g/mol. The second kappa shape index (κ2) is 5.09. The zero-order valence-corrected chi connectivity index (χ0v) is 7.17. The van der Waals surface area contributed by atoms with Crippen molar-refractivity contribution in [3.8, 4) is 0 Å². The van der Waals surface area contributed by atoms with E-state index in [1.54, 1.807) is 0 Å². The molecule has 13 heavy (non-hydrogen) atoms. The van der Waals surface area contributed by atoms with Crippen LogP contribution in [0.5, 0.6) is 0 Å². The molecule has 68 valence electrons. The Bertz CT molecular complexity index is 276. The molecule has 0 unspecified atom stereocenters. The van der Waals surface area contributed by atoms with E-state index in [0.29, 0.717) is 0 Å². The quantitative estimate of drug-likeness (QED) is 0.274. The van der Waals surface area contributed by atoms with Crippen LogP contribution in [-0.4, -0.2) is 6.17 Å². The molecule has 0 heterocycles. The van der Waals surface area contributed by atoms with Crippen LogP contribution in [0, 0.1) is 0 Å². The van der Waals surface area contributed by atoms with Crippen molar-refractivity contribution in [3.05, 3.63) is 32.5 Å². The van der Waals surface area contributed by atoms with E-state index in [2.05, 4.69) is 20.1 Å². The summed E-state index contributed by atoms with van der Waals surface area (Å²) >= 11 is 0. The average Bonchev–Trinajstić information content (AvgIpc) is 2.19. The molecule has 0 aromatic heterocycles. The third-order valence-corrected chi connectivity index (χ3v) is 1.98. The van der Waals surface area contributed by atoms with Crippen LogP contribution in [-0.2, 0) is 0 Å². The molecule has 1 aliphatic rings. The Kier molecular flexibility index (Phi) is 3.70. The first kappa shape index (κ1) is 9.45. The first-order chi connectivity index (χ1) is 6.38. The van der Waals surface area contributed by atoms with Gasteiger partial charge in [-0.05, 0) is 36.7 Å². The summed E-state index contributed by atoms with van der Waals surface area (Å²) in [7, 11) is 0. The summed E-state index contributed by atoms with van der Waals surface area (Å²) in [6, 6.07) is 0. The fourth-order valence-corrected chi connectivity index (χ4v) is 1.37. The van der Waals surface area contributed by atoms with Crippen molar-refractivity contribution in [3.63, 3.8) is 0 Å². The van der Waals surface area contributed by atoms with Gasteiger partial charge < -0.3 is 0 Å². The van der Waals surface area contributed by atoms with Gasteiger partial charge in [-0.3, -0.25) is 0 Å². The van der Waals surface area contributed by atoms with Gasteiger partial charge in [-0.25, -0.2) is 0 Å². The predicted molar refractivity (Wildman–Crippen MR) is 48.6 cm³/mol. The normalized spacial score (nSPS) is 17.7. The smallest absolute Gasteiger partial charge is 0.0848 e. The number of allylic oxidation sites excluding steroid dienone is 1. The van der Waals surface area contributed by atoms with Crippen LogP contribution in [0.1, 0.15) is 25.7 Å². The van der Waals surface area contributed by atoms with E-state index in [-0.39, 0.29) is 0 Å². The lowest BCUT2D eigenvalue weighted by molar-refractivity contribution is 0.640. The van der Waals surface area contributed by atoms with E-state index in [9.17, 15) is 0 Å². The van der Waals surface area contributed by atoms with Gasteiger partial charge >= 0.3 is 0 Å². The largest absolute Gasteiger partial charge is 0.137 e. The molecule has 0 saturated carbocycles. The fourth-order valence-electron chi connectivity index (χ4n) is 1.37. The number of azide groups is 1. The van der Waals surface area contributed by atoms with Crippen molar-refractivity contribution in [2.45, 2.75) is 31.8 Å². The molecule has 1 aliphatic carbocycles. The molecule has 6 heteroatoms. The number of hydrogen-bond acceptors (Lipinski definition) is 2. The lowest BCUT2D eigenvalue weighted by atomic mass is 9.98. The van der Waals surface area contributed by atoms with Crippen molar-refractivity contribution in [2.75, 3.05) is 0 Å². The maximum Gasteiger partial charge on any atom is 0.137 e. The highest BCUT2D eigenvalue weighted by Gasteiger charge is 2.12. The van der Waals surface area contributed by atoms with E-state index in [4.69, 9.17) is 11.1 Å². The highest BCUT2D eigenvalue weighted by Crippen LogP contribution is 2.22. The van der Waals surface area contributed by atoms with Crippen LogP contribution >= 0.6 is 0 Å². The lowest BCUT2D eigenvalue weighted by Crippen LogP contribution is -2.06. The molecule has 0 radical (unpaired) electrons. The van der Waals surface area contributed by atoms with Crippen molar-refractivity contribution in [1.82, 2.24) is 0 Å². The van der Waals surface area contributed by atoms with E-state index in [1.165, 1.54) is 0 Å². The maximum absolute atomic E-state index is 8.24. The Labute approximate surface area is 75.5 Å². The van der Waals surface area contributed by atoms with Gasteiger partial charge in [-0.2, -0.15) is 0 Å². The first-order valence-corrected chi connectivity index (χ1v) is 4.16. The molecule has 6 nitrogen and oxygen atoms in total. The highest BCUT2D eigenvalue weighted by molar-refractivity contribution is 5.12. The maximum atomic E-state index is 8.24. The molecule has 0 aliphatic heterocycles. The van der Waals surface area contributed by atoms with Gasteiger partial charge in [0.2, 0.25) is 0 Å². The molecule has 0 saturated heterocycles. The topological polar surface area (TPSA) is 97.5 Å². The third kappa shape index (κ3) is 2.71. The molecule has 0 amide bonds. The van der Waals surface area contributed by atoms with Gasteiger partial charge in [0.05, 0.1) is 0 Å². The molecule has 0 fully saturated rings. The fraction of sp³-hybridized carbons (Fsp3) is 0.714. The molecule has 0 N–H and O–H groups in total. The molecular formula is C7H10N6. The van der Waals surface area contributed by atoms with E-state index in [0.717, 1.165) is 31.3 Å². The monoisotopic (exact) mass is 178 g/mol. The Morgan fingerprint density at radius 1 is 1.23 bits per heavy atom. The minimum Gasteiger partial charge on any atom is -0.0848 e.